The average molecular weight is 339 g/mol. The summed E-state index contributed by atoms with van der Waals surface area (Å²) in [4.78, 5) is 4.51. The van der Waals surface area contributed by atoms with E-state index in [2.05, 4.69) is 88.5 Å². The molecular formula is C23H21N3. The zero-order valence-corrected chi connectivity index (χ0v) is 14.8. The van der Waals surface area contributed by atoms with Crippen LogP contribution in [0.3, 0.4) is 0 Å². The predicted molar refractivity (Wildman–Crippen MR) is 108 cm³/mol. The SMILES string of the molecule is CC1=CC(c2ccccc2)NC(n2c3c(c4ccccc42)C=NCC3)=C1. The lowest BCUT2D eigenvalue weighted by Gasteiger charge is -2.27. The smallest absolute Gasteiger partial charge is 0.111 e. The van der Waals surface area contributed by atoms with E-state index in [-0.39, 0.29) is 6.04 Å². The van der Waals surface area contributed by atoms with E-state index in [1.54, 1.807) is 0 Å². The van der Waals surface area contributed by atoms with Crippen LogP contribution in [-0.4, -0.2) is 17.3 Å². The molecule has 3 nitrogen and oxygen atoms in total. The predicted octanol–water partition coefficient (Wildman–Crippen LogP) is 4.71. The minimum atomic E-state index is 0.185. The molecule has 0 fully saturated rings. The second-order valence-corrected chi connectivity index (χ2v) is 6.97. The number of para-hydroxylation sites is 1. The Balaban J connectivity index is 1.67. The zero-order chi connectivity index (χ0) is 17.5. The number of fused-ring (bicyclic) bond motifs is 3. The van der Waals surface area contributed by atoms with Crippen molar-refractivity contribution in [1.82, 2.24) is 9.88 Å². The lowest BCUT2D eigenvalue weighted by Crippen LogP contribution is -2.26. The minimum Gasteiger partial charge on any atom is -0.361 e. The van der Waals surface area contributed by atoms with Crippen LogP contribution in [0, 0.1) is 0 Å². The summed E-state index contributed by atoms with van der Waals surface area (Å²) in [6, 6.07) is 19.4. The first kappa shape index (κ1) is 15.2. The Morgan fingerprint density at radius 2 is 1.85 bits per heavy atom. The van der Waals surface area contributed by atoms with E-state index in [4.69, 9.17) is 0 Å². The molecule has 26 heavy (non-hydrogen) atoms. The highest BCUT2D eigenvalue weighted by molar-refractivity contribution is 6.03. The molecule has 1 N–H and O–H groups in total. The van der Waals surface area contributed by atoms with Gasteiger partial charge in [0, 0.05) is 35.8 Å². The van der Waals surface area contributed by atoms with Crippen LogP contribution in [0.25, 0.3) is 16.7 Å². The van der Waals surface area contributed by atoms with Crippen LogP contribution in [0.4, 0.5) is 0 Å². The molecule has 1 unspecified atom stereocenters. The molecule has 3 aromatic rings. The average Bonchev–Trinajstić information content (AvgIpc) is 3.03. The molecule has 0 radical (unpaired) electrons. The summed E-state index contributed by atoms with van der Waals surface area (Å²) in [5, 5.41) is 5.02. The Morgan fingerprint density at radius 3 is 2.73 bits per heavy atom. The Bertz CT molecular complexity index is 1070. The van der Waals surface area contributed by atoms with E-state index in [1.807, 2.05) is 6.21 Å². The molecule has 0 bridgehead atoms. The number of nitrogens with one attached hydrogen (secondary N) is 1. The Morgan fingerprint density at radius 1 is 1.04 bits per heavy atom. The van der Waals surface area contributed by atoms with Crippen molar-refractivity contribution >= 4 is 22.9 Å². The van der Waals surface area contributed by atoms with E-state index >= 15 is 0 Å². The summed E-state index contributed by atoms with van der Waals surface area (Å²) >= 11 is 0. The van der Waals surface area contributed by atoms with Crippen molar-refractivity contribution in [1.29, 1.82) is 0 Å². The van der Waals surface area contributed by atoms with Gasteiger partial charge in [0.15, 0.2) is 0 Å². The van der Waals surface area contributed by atoms with E-state index in [9.17, 15) is 0 Å². The van der Waals surface area contributed by atoms with Crippen LogP contribution in [0.1, 0.15) is 29.8 Å². The van der Waals surface area contributed by atoms with Gasteiger partial charge in [0.05, 0.1) is 11.6 Å². The third kappa shape index (κ3) is 2.39. The molecule has 128 valence electrons. The number of nitrogens with zero attached hydrogens (tertiary/aromatic N) is 2. The second-order valence-electron chi connectivity index (χ2n) is 6.97. The number of benzene rings is 2. The molecule has 3 heterocycles. The fourth-order valence-corrected chi connectivity index (χ4v) is 4.05. The first-order valence-electron chi connectivity index (χ1n) is 9.15. The third-order valence-corrected chi connectivity index (χ3v) is 5.21. The van der Waals surface area contributed by atoms with Crippen LogP contribution in [0.15, 0.2) is 77.3 Å². The topological polar surface area (TPSA) is 29.3 Å². The van der Waals surface area contributed by atoms with Crippen molar-refractivity contribution in [2.24, 2.45) is 4.99 Å². The molecule has 2 aliphatic rings. The van der Waals surface area contributed by atoms with Gasteiger partial charge >= 0.3 is 0 Å². The molecule has 5 rings (SSSR count). The van der Waals surface area contributed by atoms with E-state index < -0.39 is 0 Å². The van der Waals surface area contributed by atoms with Gasteiger partial charge in [-0.1, -0.05) is 54.6 Å². The van der Waals surface area contributed by atoms with Gasteiger partial charge in [-0.15, -0.1) is 0 Å². The van der Waals surface area contributed by atoms with Crippen LogP contribution < -0.4 is 5.32 Å². The quantitative estimate of drug-likeness (QED) is 0.720. The van der Waals surface area contributed by atoms with Crippen molar-refractivity contribution in [3.8, 4) is 0 Å². The number of dihydropyridines is 1. The van der Waals surface area contributed by atoms with Gasteiger partial charge in [-0.25, -0.2) is 0 Å². The highest BCUT2D eigenvalue weighted by Gasteiger charge is 2.23. The number of hydrogen-bond donors (Lipinski definition) is 1. The molecule has 1 aromatic heterocycles. The first-order valence-corrected chi connectivity index (χ1v) is 9.15. The monoisotopic (exact) mass is 339 g/mol. The summed E-state index contributed by atoms with van der Waals surface area (Å²) < 4.78 is 2.39. The van der Waals surface area contributed by atoms with Gasteiger partial charge in [0.2, 0.25) is 0 Å². The maximum Gasteiger partial charge on any atom is 0.111 e. The van der Waals surface area contributed by atoms with Crippen molar-refractivity contribution in [3.05, 3.63) is 89.1 Å². The number of aromatic nitrogens is 1. The van der Waals surface area contributed by atoms with Crippen molar-refractivity contribution in [2.75, 3.05) is 6.54 Å². The second kappa shape index (κ2) is 6.03. The normalized spacial score (nSPS) is 18.9. The van der Waals surface area contributed by atoms with Crippen molar-refractivity contribution in [3.63, 3.8) is 0 Å². The molecule has 2 aromatic carbocycles. The van der Waals surface area contributed by atoms with E-state index in [0.29, 0.717) is 0 Å². The number of allylic oxidation sites excluding steroid dienone is 2. The Kier molecular flexibility index (Phi) is 3.52. The number of aliphatic imine (C=N–C) groups is 1. The molecule has 2 aliphatic heterocycles. The summed E-state index contributed by atoms with van der Waals surface area (Å²) in [6.07, 6.45) is 7.55. The van der Waals surface area contributed by atoms with Gasteiger partial charge in [-0.2, -0.15) is 0 Å². The maximum absolute atomic E-state index is 4.51. The molecule has 0 saturated heterocycles. The number of hydrogen-bond acceptors (Lipinski definition) is 2. The molecule has 0 amide bonds. The highest BCUT2D eigenvalue weighted by Crippen LogP contribution is 2.32. The van der Waals surface area contributed by atoms with Crippen molar-refractivity contribution in [2.45, 2.75) is 19.4 Å². The third-order valence-electron chi connectivity index (χ3n) is 5.21. The number of rotatable bonds is 2. The molecule has 3 heteroatoms. The van der Waals surface area contributed by atoms with Gasteiger partial charge in [0.1, 0.15) is 5.82 Å². The highest BCUT2D eigenvalue weighted by atomic mass is 15.2. The standard InChI is InChI=1S/C23H21N3/c1-16-13-20(17-7-3-2-4-8-17)25-23(14-16)26-21-10-6-5-9-18(21)19-15-24-12-11-22(19)26/h2-10,13-15,20,25H,11-12H2,1H3. The lowest BCUT2D eigenvalue weighted by molar-refractivity contribution is 0.714. The maximum atomic E-state index is 4.51. The Hall–Kier alpha value is -3.07. The first-order chi connectivity index (χ1) is 12.8. The summed E-state index contributed by atoms with van der Waals surface area (Å²) in [6.45, 7) is 3.03. The molecule has 0 aliphatic carbocycles. The van der Waals surface area contributed by atoms with E-state index in [0.717, 1.165) is 18.8 Å². The van der Waals surface area contributed by atoms with Gasteiger partial charge in [-0.05, 0) is 30.2 Å². The van der Waals surface area contributed by atoms with Crippen LogP contribution >= 0.6 is 0 Å². The van der Waals surface area contributed by atoms with Gasteiger partial charge in [0.25, 0.3) is 0 Å². The fraction of sp³-hybridized carbons (Fsp3) is 0.174. The minimum absolute atomic E-state index is 0.185. The largest absolute Gasteiger partial charge is 0.361 e. The molecule has 0 saturated carbocycles. The Labute approximate surface area is 153 Å². The molecular weight excluding hydrogens is 318 g/mol. The van der Waals surface area contributed by atoms with Gasteiger partial charge in [-0.3, -0.25) is 9.56 Å². The lowest BCUT2D eigenvalue weighted by atomic mass is 10.0. The summed E-state index contributed by atoms with van der Waals surface area (Å²) in [7, 11) is 0. The van der Waals surface area contributed by atoms with Crippen LogP contribution in [-0.2, 0) is 6.42 Å². The van der Waals surface area contributed by atoms with E-state index in [1.165, 1.54) is 33.3 Å². The van der Waals surface area contributed by atoms with Crippen LogP contribution in [0.5, 0.6) is 0 Å². The van der Waals surface area contributed by atoms with Crippen LogP contribution in [0.2, 0.25) is 0 Å². The van der Waals surface area contributed by atoms with Crippen molar-refractivity contribution < 1.29 is 0 Å². The molecule has 1 atom stereocenters. The summed E-state index contributed by atoms with van der Waals surface area (Å²) in [5.74, 6) is 1.15. The summed E-state index contributed by atoms with van der Waals surface area (Å²) in [5.41, 5.74) is 6.42. The fourth-order valence-electron chi connectivity index (χ4n) is 4.05. The molecule has 0 spiro atoms. The van der Waals surface area contributed by atoms with Gasteiger partial charge < -0.3 is 5.32 Å². The zero-order valence-electron chi connectivity index (χ0n) is 14.8.